The van der Waals surface area contributed by atoms with Gasteiger partial charge in [0.15, 0.2) is 0 Å². The van der Waals surface area contributed by atoms with Crippen LogP contribution < -0.4 is 4.74 Å². The van der Waals surface area contributed by atoms with Gasteiger partial charge in [0, 0.05) is 5.39 Å². The Labute approximate surface area is 106 Å². The van der Waals surface area contributed by atoms with E-state index in [2.05, 4.69) is 18.8 Å². The number of aromatic carboxylic acids is 1. The molecule has 0 unspecified atom stereocenters. The summed E-state index contributed by atoms with van der Waals surface area (Å²) < 4.78 is 5.59. The molecule has 0 bridgehead atoms. The second-order valence-corrected chi connectivity index (χ2v) is 4.56. The van der Waals surface area contributed by atoms with Crippen molar-refractivity contribution in [2.75, 3.05) is 6.61 Å². The fourth-order valence-electron chi connectivity index (χ4n) is 1.95. The molecule has 1 heterocycles. The molecule has 4 nitrogen and oxygen atoms in total. The molecule has 1 aromatic carbocycles. The SMILES string of the molecule is CCOc1cc(C(C)C)cc2[nH]c(C(=O)O)cc12. The van der Waals surface area contributed by atoms with E-state index < -0.39 is 5.97 Å². The summed E-state index contributed by atoms with van der Waals surface area (Å²) in [4.78, 5) is 13.9. The van der Waals surface area contributed by atoms with Crippen molar-refractivity contribution in [1.29, 1.82) is 0 Å². The molecule has 0 amide bonds. The average molecular weight is 247 g/mol. The van der Waals surface area contributed by atoms with Crippen LogP contribution >= 0.6 is 0 Å². The van der Waals surface area contributed by atoms with E-state index in [1.165, 1.54) is 0 Å². The quantitative estimate of drug-likeness (QED) is 0.870. The fraction of sp³-hybridized carbons (Fsp3) is 0.357. The van der Waals surface area contributed by atoms with Gasteiger partial charge in [0.05, 0.1) is 12.1 Å². The third-order valence-corrected chi connectivity index (χ3v) is 2.92. The topological polar surface area (TPSA) is 62.3 Å². The van der Waals surface area contributed by atoms with Gasteiger partial charge in [-0.1, -0.05) is 13.8 Å². The van der Waals surface area contributed by atoms with Crippen LogP contribution in [0.4, 0.5) is 0 Å². The Balaban J connectivity index is 2.65. The third-order valence-electron chi connectivity index (χ3n) is 2.92. The van der Waals surface area contributed by atoms with E-state index in [1.807, 2.05) is 19.1 Å². The van der Waals surface area contributed by atoms with Crippen LogP contribution in [0.15, 0.2) is 18.2 Å². The molecule has 18 heavy (non-hydrogen) atoms. The van der Waals surface area contributed by atoms with Crippen LogP contribution in [0.3, 0.4) is 0 Å². The molecule has 0 saturated heterocycles. The van der Waals surface area contributed by atoms with E-state index in [1.54, 1.807) is 6.07 Å². The molecule has 0 saturated carbocycles. The number of benzene rings is 1. The Hall–Kier alpha value is -1.97. The Kier molecular flexibility index (Phi) is 3.28. The Morgan fingerprint density at radius 2 is 2.11 bits per heavy atom. The largest absolute Gasteiger partial charge is 0.493 e. The molecule has 4 heteroatoms. The summed E-state index contributed by atoms with van der Waals surface area (Å²) in [5, 5.41) is 9.83. The smallest absolute Gasteiger partial charge is 0.352 e. The highest BCUT2D eigenvalue weighted by Crippen LogP contribution is 2.31. The lowest BCUT2D eigenvalue weighted by Crippen LogP contribution is -1.95. The molecule has 1 aromatic heterocycles. The van der Waals surface area contributed by atoms with Gasteiger partial charge in [-0.15, -0.1) is 0 Å². The zero-order valence-electron chi connectivity index (χ0n) is 10.8. The first-order valence-corrected chi connectivity index (χ1v) is 6.05. The van der Waals surface area contributed by atoms with E-state index in [0.29, 0.717) is 12.5 Å². The maximum absolute atomic E-state index is 11.0. The lowest BCUT2D eigenvalue weighted by Gasteiger charge is -2.10. The van der Waals surface area contributed by atoms with Gasteiger partial charge >= 0.3 is 5.97 Å². The van der Waals surface area contributed by atoms with Crippen molar-refractivity contribution in [3.63, 3.8) is 0 Å². The zero-order valence-corrected chi connectivity index (χ0v) is 10.8. The second kappa shape index (κ2) is 4.72. The van der Waals surface area contributed by atoms with Gasteiger partial charge in [-0.25, -0.2) is 4.79 Å². The molecule has 2 rings (SSSR count). The molecular weight excluding hydrogens is 230 g/mol. The molecule has 0 atom stereocenters. The summed E-state index contributed by atoms with van der Waals surface area (Å²) in [5.74, 6) is 0.146. The van der Waals surface area contributed by atoms with Gasteiger partial charge in [-0.2, -0.15) is 0 Å². The van der Waals surface area contributed by atoms with Crippen molar-refractivity contribution < 1.29 is 14.6 Å². The van der Waals surface area contributed by atoms with Gasteiger partial charge in [-0.05, 0) is 36.6 Å². The highest BCUT2D eigenvalue weighted by atomic mass is 16.5. The van der Waals surface area contributed by atoms with Crippen molar-refractivity contribution in [3.8, 4) is 5.75 Å². The summed E-state index contributed by atoms with van der Waals surface area (Å²) in [6, 6.07) is 5.58. The summed E-state index contributed by atoms with van der Waals surface area (Å²) >= 11 is 0. The monoisotopic (exact) mass is 247 g/mol. The average Bonchev–Trinajstić information content (AvgIpc) is 2.73. The van der Waals surface area contributed by atoms with Crippen LogP contribution in [-0.4, -0.2) is 22.7 Å². The minimum atomic E-state index is -0.959. The third kappa shape index (κ3) is 2.18. The minimum absolute atomic E-state index is 0.187. The van der Waals surface area contributed by atoms with Crippen molar-refractivity contribution in [1.82, 2.24) is 4.98 Å². The molecule has 0 spiro atoms. The number of carbonyl (C=O) groups is 1. The normalized spacial score (nSPS) is 11.1. The van der Waals surface area contributed by atoms with Gasteiger partial charge in [0.2, 0.25) is 0 Å². The second-order valence-electron chi connectivity index (χ2n) is 4.56. The Morgan fingerprint density at radius 1 is 1.39 bits per heavy atom. The van der Waals surface area contributed by atoms with Gasteiger partial charge in [0.25, 0.3) is 0 Å². The van der Waals surface area contributed by atoms with Crippen molar-refractivity contribution >= 4 is 16.9 Å². The van der Waals surface area contributed by atoms with Crippen LogP contribution in [0, 0.1) is 0 Å². The molecule has 0 fully saturated rings. The summed E-state index contributed by atoms with van der Waals surface area (Å²) in [7, 11) is 0. The molecule has 0 aliphatic rings. The number of H-pyrrole nitrogens is 1. The molecular formula is C14H17NO3. The van der Waals surface area contributed by atoms with Crippen LogP contribution in [0.2, 0.25) is 0 Å². The number of nitrogens with one attached hydrogen (secondary N) is 1. The Morgan fingerprint density at radius 3 is 2.67 bits per heavy atom. The first kappa shape index (κ1) is 12.5. The standard InChI is InChI=1S/C14H17NO3/c1-4-18-13-6-9(8(2)3)5-11-10(13)7-12(15-11)14(16)17/h5-8,15H,4H2,1-3H3,(H,16,17). The van der Waals surface area contributed by atoms with Crippen LogP contribution in [0.5, 0.6) is 5.75 Å². The maximum Gasteiger partial charge on any atom is 0.352 e. The van der Waals surface area contributed by atoms with E-state index >= 15 is 0 Å². The maximum atomic E-state index is 11.0. The van der Waals surface area contributed by atoms with Gasteiger partial charge in [-0.3, -0.25) is 0 Å². The predicted octanol–water partition coefficient (Wildman–Crippen LogP) is 3.39. The molecule has 0 radical (unpaired) electrons. The number of aromatic nitrogens is 1. The number of aromatic amines is 1. The zero-order chi connectivity index (χ0) is 13.3. The number of hydrogen-bond donors (Lipinski definition) is 2. The summed E-state index contributed by atoms with van der Waals surface area (Å²) in [5.41, 5.74) is 2.12. The highest BCUT2D eigenvalue weighted by molar-refractivity contribution is 5.96. The number of fused-ring (bicyclic) bond motifs is 1. The van der Waals surface area contributed by atoms with E-state index in [4.69, 9.17) is 9.84 Å². The van der Waals surface area contributed by atoms with E-state index in [0.717, 1.165) is 22.2 Å². The first-order chi connectivity index (χ1) is 8.52. The van der Waals surface area contributed by atoms with Crippen LogP contribution in [-0.2, 0) is 0 Å². The van der Waals surface area contributed by atoms with Gasteiger partial charge < -0.3 is 14.8 Å². The highest BCUT2D eigenvalue weighted by Gasteiger charge is 2.13. The molecule has 96 valence electrons. The minimum Gasteiger partial charge on any atom is -0.493 e. The number of rotatable bonds is 4. The van der Waals surface area contributed by atoms with Crippen LogP contribution in [0.1, 0.15) is 42.7 Å². The summed E-state index contributed by atoms with van der Waals surface area (Å²) in [6.45, 7) is 6.67. The van der Waals surface area contributed by atoms with Crippen molar-refractivity contribution in [3.05, 3.63) is 29.5 Å². The predicted molar refractivity (Wildman–Crippen MR) is 70.5 cm³/mol. The number of hydrogen-bond acceptors (Lipinski definition) is 2. The molecule has 0 aliphatic carbocycles. The van der Waals surface area contributed by atoms with Crippen molar-refractivity contribution in [2.24, 2.45) is 0 Å². The Bertz CT molecular complexity index is 584. The van der Waals surface area contributed by atoms with Crippen molar-refractivity contribution in [2.45, 2.75) is 26.7 Å². The van der Waals surface area contributed by atoms with Gasteiger partial charge in [0.1, 0.15) is 11.4 Å². The van der Waals surface area contributed by atoms with Crippen LogP contribution in [0.25, 0.3) is 10.9 Å². The molecule has 0 aliphatic heterocycles. The number of ether oxygens (including phenoxy) is 1. The fourth-order valence-corrected chi connectivity index (χ4v) is 1.95. The first-order valence-electron chi connectivity index (χ1n) is 6.05. The molecule has 2 aromatic rings. The summed E-state index contributed by atoms with van der Waals surface area (Å²) in [6.07, 6.45) is 0. The number of carboxylic acid groups (broad SMARTS) is 1. The molecule has 2 N–H and O–H groups in total. The lowest BCUT2D eigenvalue weighted by molar-refractivity contribution is 0.0691. The van der Waals surface area contributed by atoms with E-state index in [-0.39, 0.29) is 5.69 Å². The lowest BCUT2D eigenvalue weighted by atomic mass is 10.0. The van der Waals surface area contributed by atoms with E-state index in [9.17, 15) is 4.79 Å². The number of carboxylic acids is 1.